The summed E-state index contributed by atoms with van der Waals surface area (Å²) in [5, 5.41) is 0. The fourth-order valence-electron chi connectivity index (χ4n) is 4.20. The number of unbranched alkanes of at least 4 members (excludes halogenated alkanes) is 2. The molecule has 172 valence electrons. The van der Waals surface area contributed by atoms with Crippen molar-refractivity contribution in [1.29, 1.82) is 0 Å². The quantitative estimate of drug-likeness (QED) is 0.194. The molecular weight excluding hydrogens is 388 g/mol. The lowest BCUT2D eigenvalue weighted by molar-refractivity contribution is -0.150. The van der Waals surface area contributed by atoms with Crippen LogP contribution in [0.1, 0.15) is 96.6 Å². The zero-order chi connectivity index (χ0) is 22.5. The average molecular weight is 429 g/mol. The molecule has 0 aromatic heterocycles. The number of esters is 2. The number of rotatable bonds is 13. The van der Waals surface area contributed by atoms with Gasteiger partial charge in [-0.3, -0.25) is 9.59 Å². The zero-order valence-corrected chi connectivity index (χ0v) is 19.6. The second kappa shape index (κ2) is 14.1. The van der Waals surface area contributed by atoms with Crippen molar-refractivity contribution >= 4 is 11.9 Å². The van der Waals surface area contributed by atoms with E-state index >= 15 is 0 Å². The SMILES string of the molecule is CC(C)CC(C)OC(=O)CCCCCC(=O)OC(CC1C=CCCC1)c1ccccc1. The predicted octanol–water partition coefficient (Wildman–Crippen LogP) is 6.95. The fraction of sp³-hybridized carbons (Fsp3) is 0.630. The molecule has 0 radical (unpaired) electrons. The van der Waals surface area contributed by atoms with Gasteiger partial charge in [0, 0.05) is 12.8 Å². The molecule has 0 heterocycles. The second-order valence-electron chi connectivity index (χ2n) is 9.23. The van der Waals surface area contributed by atoms with E-state index in [9.17, 15) is 9.59 Å². The van der Waals surface area contributed by atoms with E-state index in [0.29, 0.717) is 24.7 Å². The van der Waals surface area contributed by atoms with Crippen LogP contribution in [-0.2, 0) is 19.1 Å². The summed E-state index contributed by atoms with van der Waals surface area (Å²) < 4.78 is 11.3. The van der Waals surface area contributed by atoms with Crippen LogP contribution in [0.5, 0.6) is 0 Å². The van der Waals surface area contributed by atoms with Crippen molar-refractivity contribution in [1.82, 2.24) is 0 Å². The van der Waals surface area contributed by atoms with Crippen molar-refractivity contribution in [2.75, 3.05) is 0 Å². The van der Waals surface area contributed by atoms with Crippen LogP contribution < -0.4 is 0 Å². The standard InChI is InChI=1S/C27H40O4/c1-21(2)19-22(3)30-26(28)17-11-6-12-18-27(29)31-25(24-15-9-5-10-16-24)20-23-13-7-4-8-14-23/h5,7,9-10,13,15-16,21-23,25H,4,6,8,11-12,14,17-20H2,1-3H3. The molecule has 3 atom stereocenters. The summed E-state index contributed by atoms with van der Waals surface area (Å²) in [6.45, 7) is 6.19. The van der Waals surface area contributed by atoms with Gasteiger partial charge in [0.15, 0.2) is 0 Å². The molecule has 0 amide bonds. The van der Waals surface area contributed by atoms with Gasteiger partial charge < -0.3 is 9.47 Å². The second-order valence-corrected chi connectivity index (χ2v) is 9.23. The molecule has 1 aromatic rings. The maximum atomic E-state index is 12.5. The monoisotopic (exact) mass is 428 g/mol. The third-order valence-electron chi connectivity index (χ3n) is 5.71. The van der Waals surface area contributed by atoms with E-state index < -0.39 is 0 Å². The Kier molecular flexibility index (Phi) is 11.4. The van der Waals surface area contributed by atoms with Gasteiger partial charge in [-0.25, -0.2) is 0 Å². The molecule has 4 nitrogen and oxygen atoms in total. The number of hydrogen-bond donors (Lipinski definition) is 0. The first-order chi connectivity index (χ1) is 14.9. The summed E-state index contributed by atoms with van der Waals surface area (Å²) >= 11 is 0. The third-order valence-corrected chi connectivity index (χ3v) is 5.71. The Bertz CT molecular complexity index is 680. The van der Waals surface area contributed by atoms with E-state index in [-0.39, 0.29) is 24.1 Å². The van der Waals surface area contributed by atoms with Crippen LogP contribution in [0.4, 0.5) is 0 Å². The minimum Gasteiger partial charge on any atom is -0.463 e. The molecule has 1 aromatic carbocycles. The van der Waals surface area contributed by atoms with Gasteiger partial charge in [0.25, 0.3) is 0 Å². The molecule has 0 spiro atoms. The van der Waals surface area contributed by atoms with E-state index in [1.54, 1.807) is 0 Å². The number of allylic oxidation sites excluding steroid dienone is 2. The van der Waals surface area contributed by atoms with E-state index in [1.807, 2.05) is 37.3 Å². The number of carbonyl (C=O) groups excluding carboxylic acids is 2. The van der Waals surface area contributed by atoms with Crippen molar-refractivity contribution < 1.29 is 19.1 Å². The van der Waals surface area contributed by atoms with E-state index in [4.69, 9.17) is 9.47 Å². The number of carbonyl (C=O) groups is 2. The van der Waals surface area contributed by atoms with Gasteiger partial charge in [0.1, 0.15) is 6.10 Å². The Labute approximate surface area is 188 Å². The van der Waals surface area contributed by atoms with Crippen LogP contribution in [0.15, 0.2) is 42.5 Å². The van der Waals surface area contributed by atoms with Crippen LogP contribution in [-0.4, -0.2) is 18.0 Å². The molecular formula is C27H40O4. The van der Waals surface area contributed by atoms with E-state index in [1.165, 1.54) is 6.42 Å². The van der Waals surface area contributed by atoms with Crippen molar-refractivity contribution in [2.24, 2.45) is 11.8 Å². The highest BCUT2D eigenvalue weighted by atomic mass is 16.5. The highest BCUT2D eigenvalue weighted by Gasteiger charge is 2.21. The van der Waals surface area contributed by atoms with Crippen LogP contribution in [0.3, 0.4) is 0 Å². The van der Waals surface area contributed by atoms with Crippen LogP contribution in [0.2, 0.25) is 0 Å². The highest BCUT2D eigenvalue weighted by molar-refractivity contribution is 5.70. The van der Waals surface area contributed by atoms with Gasteiger partial charge >= 0.3 is 11.9 Å². The third kappa shape index (κ3) is 10.7. The molecule has 0 fully saturated rings. The number of hydrogen-bond acceptors (Lipinski definition) is 4. The van der Waals surface area contributed by atoms with Crippen LogP contribution in [0, 0.1) is 11.8 Å². The van der Waals surface area contributed by atoms with Crippen molar-refractivity contribution in [3.05, 3.63) is 48.0 Å². The van der Waals surface area contributed by atoms with Crippen molar-refractivity contribution in [3.63, 3.8) is 0 Å². The topological polar surface area (TPSA) is 52.6 Å². The molecule has 3 unspecified atom stereocenters. The lowest BCUT2D eigenvalue weighted by Gasteiger charge is -2.24. The normalized spacial score (nSPS) is 17.9. The molecule has 0 aliphatic heterocycles. The first-order valence-corrected chi connectivity index (χ1v) is 12.0. The van der Waals surface area contributed by atoms with E-state index in [0.717, 1.165) is 50.5 Å². The summed E-state index contributed by atoms with van der Waals surface area (Å²) in [6.07, 6.45) is 12.6. The summed E-state index contributed by atoms with van der Waals surface area (Å²) in [5.74, 6) is 0.695. The number of benzene rings is 1. The molecule has 0 saturated heterocycles. The minimum absolute atomic E-state index is 0.0311. The Hall–Kier alpha value is -2.10. The molecule has 2 rings (SSSR count). The van der Waals surface area contributed by atoms with Gasteiger partial charge in [-0.05, 0) is 69.3 Å². The molecule has 0 N–H and O–H groups in total. The Balaban J connectivity index is 1.70. The largest absolute Gasteiger partial charge is 0.463 e. The fourth-order valence-corrected chi connectivity index (χ4v) is 4.20. The highest BCUT2D eigenvalue weighted by Crippen LogP contribution is 2.31. The summed E-state index contributed by atoms with van der Waals surface area (Å²) in [5.41, 5.74) is 1.06. The zero-order valence-electron chi connectivity index (χ0n) is 19.6. The van der Waals surface area contributed by atoms with Gasteiger partial charge in [-0.15, -0.1) is 0 Å². The lowest BCUT2D eigenvalue weighted by Crippen LogP contribution is -2.16. The smallest absolute Gasteiger partial charge is 0.306 e. The average Bonchev–Trinajstić information content (AvgIpc) is 2.73. The Morgan fingerprint density at radius 3 is 2.26 bits per heavy atom. The van der Waals surface area contributed by atoms with Crippen molar-refractivity contribution in [3.8, 4) is 0 Å². The number of ether oxygens (including phenoxy) is 2. The first kappa shape index (κ1) is 25.2. The Morgan fingerprint density at radius 2 is 1.65 bits per heavy atom. The molecule has 1 aliphatic carbocycles. The first-order valence-electron chi connectivity index (χ1n) is 12.0. The summed E-state index contributed by atoms with van der Waals surface area (Å²) in [6, 6.07) is 10.0. The molecule has 31 heavy (non-hydrogen) atoms. The van der Waals surface area contributed by atoms with Gasteiger partial charge in [0.2, 0.25) is 0 Å². The van der Waals surface area contributed by atoms with Gasteiger partial charge in [-0.2, -0.15) is 0 Å². The summed E-state index contributed by atoms with van der Waals surface area (Å²) in [4.78, 5) is 24.4. The lowest BCUT2D eigenvalue weighted by atomic mass is 9.89. The molecule has 0 bridgehead atoms. The van der Waals surface area contributed by atoms with Crippen LogP contribution in [0.25, 0.3) is 0 Å². The maximum Gasteiger partial charge on any atom is 0.306 e. The van der Waals surface area contributed by atoms with Gasteiger partial charge in [0.05, 0.1) is 6.10 Å². The molecule has 0 saturated carbocycles. The predicted molar refractivity (Wildman–Crippen MR) is 124 cm³/mol. The van der Waals surface area contributed by atoms with Crippen molar-refractivity contribution in [2.45, 2.75) is 97.2 Å². The minimum atomic E-state index is -0.195. The maximum absolute atomic E-state index is 12.5. The molecule has 4 heteroatoms. The van der Waals surface area contributed by atoms with Crippen LogP contribution >= 0.6 is 0 Å². The Morgan fingerprint density at radius 1 is 0.968 bits per heavy atom. The molecule has 1 aliphatic rings. The van der Waals surface area contributed by atoms with E-state index in [2.05, 4.69) is 26.0 Å². The summed E-state index contributed by atoms with van der Waals surface area (Å²) in [7, 11) is 0. The van der Waals surface area contributed by atoms with Gasteiger partial charge in [-0.1, -0.05) is 62.8 Å².